The van der Waals surface area contributed by atoms with Gasteiger partial charge in [0.25, 0.3) is 5.91 Å². The standard InChI is InChI=1S/C26H21F3N6OS/c1-34(19-8-9-19)23(25-31-10-11-37-25)17-5-3-6-18(13-17)32-24(36)21-14-22(26(27,28)29)33-35(21)20-7-2-4-16(12-20)15-30/h2-7,10-14,19,23H,8-9H2,1H3,(H,32,36). The van der Waals surface area contributed by atoms with Crippen LogP contribution in [0.3, 0.4) is 0 Å². The lowest BCUT2D eigenvalue weighted by atomic mass is 10.0. The fourth-order valence-corrected chi connectivity index (χ4v) is 5.00. The van der Waals surface area contributed by atoms with E-state index in [1.54, 1.807) is 29.7 Å². The van der Waals surface area contributed by atoms with Crippen molar-refractivity contribution < 1.29 is 18.0 Å². The monoisotopic (exact) mass is 522 g/mol. The number of amides is 1. The summed E-state index contributed by atoms with van der Waals surface area (Å²) >= 11 is 1.54. The van der Waals surface area contributed by atoms with Crippen LogP contribution < -0.4 is 5.32 Å². The maximum absolute atomic E-state index is 13.5. The molecular formula is C26H21F3N6OS. The van der Waals surface area contributed by atoms with E-state index >= 15 is 0 Å². The summed E-state index contributed by atoms with van der Waals surface area (Å²) in [5, 5.41) is 18.4. The highest BCUT2D eigenvalue weighted by Gasteiger charge is 2.37. The summed E-state index contributed by atoms with van der Waals surface area (Å²) in [6, 6.07) is 16.1. The minimum absolute atomic E-state index is 0.111. The lowest BCUT2D eigenvalue weighted by Gasteiger charge is -2.27. The number of nitrogens with zero attached hydrogens (tertiary/aromatic N) is 5. The van der Waals surface area contributed by atoms with Crippen LogP contribution >= 0.6 is 11.3 Å². The number of nitrogens with one attached hydrogen (secondary N) is 1. The number of hydrogen-bond donors (Lipinski definition) is 1. The molecule has 1 saturated carbocycles. The van der Waals surface area contributed by atoms with E-state index < -0.39 is 17.8 Å². The minimum atomic E-state index is -4.75. The van der Waals surface area contributed by atoms with Gasteiger partial charge in [0.2, 0.25) is 0 Å². The second kappa shape index (κ2) is 9.80. The van der Waals surface area contributed by atoms with Crippen molar-refractivity contribution in [3.8, 4) is 11.8 Å². The smallest absolute Gasteiger partial charge is 0.321 e. The van der Waals surface area contributed by atoms with E-state index in [2.05, 4.69) is 20.3 Å². The van der Waals surface area contributed by atoms with Crippen molar-refractivity contribution in [2.45, 2.75) is 31.1 Å². The van der Waals surface area contributed by atoms with E-state index in [-0.39, 0.29) is 23.0 Å². The van der Waals surface area contributed by atoms with Crippen molar-refractivity contribution in [3.05, 3.63) is 93.7 Å². The van der Waals surface area contributed by atoms with Crippen LogP contribution in [0.2, 0.25) is 0 Å². The van der Waals surface area contributed by atoms with Crippen LogP contribution in [0.5, 0.6) is 0 Å². The highest BCUT2D eigenvalue weighted by Crippen LogP contribution is 2.38. The minimum Gasteiger partial charge on any atom is -0.321 e. The molecule has 0 spiro atoms. The van der Waals surface area contributed by atoms with Crippen molar-refractivity contribution in [2.75, 3.05) is 12.4 Å². The average molecular weight is 523 g/mol. The Morgan fingerprint density at radius 1 is 1.22 bits per heavy atom. The first kappa shape index (κ1) is 24.7. The lowest BCUT2D eigenvalue weighted by molar-refractivity contribution is -0.141. The third kappa shape index (κ3) is 5.26. The summed E-state index contributed by atoms with van der Waals surface area (Å²) in [4.78, 5) is 20.0. The van der Waals surface area contributed by atoms with Gasteiger partial charge in [0.1, 0.15) is 10.7 Å². The third-order valence-electron chi connectivity index (χ3n) is 6.13. The summed E-state index contributed by atoms with van der Waals surface area (Å²) in [5.41, 5.74) is 0.230. The molecule has 0 radical (unpaired) electrons. The van der Waals surface area contributed by atoms with E-state index in [0.29, 0.717) is 17.8 Å². The largest absolute Gasteiger partial charge is 0.435 e. The SMILES string of the molecule is CN(C1CC1)C(c1cccc(NC(=O)c2cc(C(F)(F)F)nn2-c2cccc(C#N)c2)c1)c1nccs1. The molecule has 5 rings (SSSR count). The van der Waals surface area contributed by atoms with Crippen molar-refractivity contribution in [2.24, 2.45) is 0 Å². The number of benzene rings is 2. The topological polar surface area (TPSA) is 86.8 Å². The van der Waals surface area contributed by atoms with Crippen LogP contribution in [0.15, 0.2) is 66.2 Å². The fourth-order valence-electron chi connectivity index (χ4n) is 4.18. The molecule has 11 heteroatoms. The summed E-state index contributed by atoms with van der Waals surface area (Å²) in [5.74, 6) is -0.760. The van der Waals surface area contributed by atoms with Gasteiger partial charge >= 0.3 is 6.18 Å². The maximum atomic E-state index is 13.5. The molecule has 1 aliphatic carbocycles. The average Bonchev–Trinajstić information content (AvgIpc) is 3.39. The second-order valence-electron chi connectivity index (χ2n) is 8.74. The summed E-state index contributed by atoms with van der Waals surface area (Å²) in [7, 11) is 2.04. The van der Waals surface area contributed by atoms with Gasteiger partial charge in [-0.1, -0.05) is 18.2 Å². The zero-order valence-corrected chi connectivity index (χ0v) is 20.4. The molecule has 2 aromatic heterocycles. The van der Waals surface area contributed by atoms with Gasteiger partial charge in [-0.25, -0.2) is 9.67 Å². The molecule has 0 saturated heterocycles. The van der Waals surface area contributed by atoms with Gasteiger partial charge in [0.15, 0.2) is 5.69 Å². The number of anilines is 1. The van der Waals surface area contributed by atoms with Crippen LogP contribution in [0.25, 0.3) is 5.69 Å². The van der Waals surface area contributed by atoms with E-state index in [1.807, 2.05) is 30.6 Å². The number of halogens is 3. The molecule has 1 aliphatic rings. The van der Waals surface area contributed by atoms with Gasteiger partial charge in [0.05, 0.1) is 23.4 Å². The Labute approximate surface area is 214 Å². The number of nitriles is 1. The predicted molar refractivity (Wildman–Crippen MR) is 132 cm³/mol. The molecule has 7 nitrogen and oxygen atoms in total. The molecule has 2 heterocycles. The van der Waals surface area contributed by atoms with Gasteiger partial charge in [-0.2, -0.15) is 23.5 Å². The number of hydrogen-bond acceptors (Lipinski definition) is 6. The van der Waals surface area contributed by atoms with Crippen LogP contribution in [0, 0.1) is 11.3 Å². The number of alkyl halides is 3. The van der Waals surface area contributed by atoms with Crippen LogP contribution in [0.1, 0.15) is 51.2 Å². The Hall–Kier alpha value is -4.01. The second-order valence-corrected chi connectivity index (χ2v) is 9.66. The fraction of sp³-hybridized carbons (Fsp3) is 0.231. The van der Waals surface area contributed by atoms with Crippen molar-refractivity contribution in [1.29, 1.82) is 5.26 Å². The molecule has 1 N–H and O–H groups in total. The molecule has 2 aromatic carbocycles. The van der Waals surface area contributed by atoms with E-state index in [0.717, 1.165) is 28.1 Å². The Balaban J connectivity index is 1.48. The molecule has 188 valence electrons. The first-order valence-electron chi connectivity index (χ1n) is 11.4. The van der Waals surface area contributed by atoms with Gasteiger partial charge in [-0.15, -0.1) is 11.3 Å². The molecule has 37 heavy (non-hydrogen) atoms. The summed E-state index contributed by atoms with van der Waals surface area (Å²) < 4.78 is 41.4. The lowest BCUT2D eigenvalue weighted by Crippen LogP contribution is -2.27. The highest BCUT2D eigenvalue weighted by atomic mass is 32.1. The Kier molecular flexibility index (Phi) is 6.54. The number of carbonyl (C=O) groups is 1. The molecule has 1 atom stereocenters. The zero-order valence-electron chi connectivity index (χ0n) is 19.6. The third-order valence-corrected chi connectivity index (χ3v) is 6.96. The number of rotatable bonds is 7. The van der Waals surface area contributed by atoms with E-state index in [9.17, 15) is 23.2 Å². The van der Waals surface area contributed by atoms with Crippen LogP contribution in [-0.4, -0.2) is 38.7 Å². The first-order chi connectivity index (χ1) is 17.7. The summed E-state index contributed by atoms with van der Waals surface area (Å²) in [6.45, 7) is 0. The summed E-state index contributed by atoms with van der Waals surface area (Å²) in [6.07, 6.45) is -0.790. The maximum Gasteiger partial charge on any atom is 0.435 e. The van der Waals surface area contributed by atoms with Crippen molar-refractivity contribution in [3.63, 3.8) is 0 Å². The van der Waals surface area contributed by atoms with Crippen molar-refractivity contribution >= 4 is 22.9 Å². The predicted octanol–water partition coefficient (Wildman–Crippen LogP) is 5.66. The number of aromatic nitrogens is 3. The molecule has 1 amide bonds. The van der Waals surface area contributed by atoms with Gasteiger partial charge < -0.3 is 5.32 Å². The quantitative estimate of drug-likeness (QED) is 0.339. The van der Waals surface area contributed by atoms with E-state index in [4.69, 9.17) is 0 Å². The van der Waals surface area contributed by atoms with Gasteiger partial charge in [-0.05, 0) is 55.8 Å². The van der Waals surface area contributed by atoms with E-state index in [1.165, 1.54) is 24.3 Å². The highest BCUT2D eigenvalue weighted by molar-refractivity contribution is 7.09. The first-order valence-corrected chi connectivity index (χ1v) is 12.3. The Bertz CT molecular complexity index is 1470. The molecule has 0 bridgehead atoms. The number of carbonyl (C=O) groups excluding carboxylic acids is 1. The Morgan fingerprint density at radius 2 is 2.00 bits per heavy atom. The van der Waals surface area contributed by atoms with Crippen LogP contribution in [0.4, 0.5) is 18.9 Å². The normalized spacial score (nSPS) is 14.4. The van der Waals surface area contributed by atoms with Gasteiger partial charge in [-0.3, -0.25) is 9.69 Å². The van der Waals surface area contributed by atoms with Crippen molar-refractivity contribution in [1.82, 2.24) is 19.7 Å². The molecule has 0 aliphatic heterocycles. The molecule has 1 unspecified atom stereocenters. The molecule has 4 aromatic rings. The number of thiazole rings is 1. The molecule has 1 fully saturated rings. The molecular weight excluding hydrogens is 501 g/mol. The Morgan fingerprint density at radius 3 is 2.68 bits per heavy atom. The zero-order chi connectivity index (χ0) is 26.2. The van der Waals surface area contributed by atoms with Gasteiger partial charge in [0, 0.05) is 29.4 Å². The van der Waals surface area contributed by atoms with Crippen LogP contribution in [-0.2, 0) is 6.18 Å².